The van der Waals surface area contributed by atoms with Crippen LogP contribution in [0.1, 0.15) is 10.6 Å². The molecule has 0 aliphatic carbocycles. The molecule has 3 rings (SSSR count). The maximum absolute atomic E-state index is 9.61. The average Bonchev–Trinajstić information content (AvgIpc) is 3.21. The standard InChI is InChI=1S/C21H18N2O3S/c1-24-18-7-5-4-6-15(18)10-16(12-22)21-23-17(13-27-21)14-8-9-19(25-2)20(11-14)26-3/h4-11,13H,1-3H3/b16-10+. The van der Waals surface area contributed by atoms with Crippen LogP contribution in [0.4, 0.5) is 0 Å². The number of nitrogens with zero attached hydrogens (tertiary/aromatic N) is 2. The fraction of sp³-hybridized carbons (Fsp3) is 0.143. The molecule has 0 fully saturated rings. The Bertz CT molecular complexity index is 1020. The van der Waals surface area contributed by atoms with Gasteiger partial charge in [-0.2, -0.15) is 5.26 Å². The Morgan fingerprint density at radius 1 is 1.00 bits per heavy atom. The second-order valence-electron chi connectivity index (χ2n) is 5.52. The van der Waals surface area contributed by atoms with Crippen LogP contribution in [0, 0.1) is 11.3 Å². The summed E-state index contributed by atoms with van der Waals surface area (Å²) in [6.07, 6.45) is 1.79. The van der Waals surface area contributed by atoms with Crippen LogP contribution < -0.4 is 14.2 Å². The number of benzene rings is 2. The van der Waals surface area contributed by atoms with Gasteiger partial charge in [0, 0.05) is 16.5 Å². The fourth-order valence-electron chi connectivity index (χ4n) is 2.61. The Hall–Kier alpha value is -3.30. The summed E-state index contributed by atoms with van der Waals surface area (Å²) in [5.41, 5.74) is 2.98. The second kappa shape index (κ2) is 8.39. The van der Waals surface area contributed by atoms with E-state index in [2.05, 4.69) is 11.1 Å². The van der Waals surface area contributed by atoms with Gasteiger partial charge in [0.1, 0.15) is 16.8 Å². The predicted octanol–water partition coefficient (Wildman–Crippen LogP) is 4.90. The number of para-hydroxylation sites is 1. The van der Waals surface area contributed by atoms with Crippen LogP contribution in [0.15, 0.2) is 47.8 Å². The third kappa shape index (κ3) is 3.94. The minimum Gasteiger partial charge on any atom is -0.496 e. The second-order valence-corrected chi connectivity index (χ2v) is 6.38. The van der Waals surface area contributed by atoms with Gasteiger partial charge in [-0.15, -0.1) is 11.3 Å². The van der Waals surface area contributed by atoms with Crippen molar-refractivity contribution in [3.63, 3.8) is 0 Å². The molecule has 6 heteroatoms. The molecule has 0 bridgehead atoms. The molecule has 0 aliphatic rings. The van der Waals surface area contributed by atoms with Crippen LogP contribution in [0.3, 0.4) is 0 Å². The maximum Gasteiger partial charge on any atom is 0.161 e. The highest BCUT2D eigenvalue weighted by Gasteiger charge is 2.12. The molecule has 3 aromatic rings. The number of ether oxygens (including phenoxy) is 3. The van der Waals surface area contributed by atoms with Crippen molar-refractivity contribution in [2.24, 2.45) is 0 Å². The number of methoxy groups -OCH3 is 3. The number of hydrogen-bond donors (Lipinski definition) is 0. The number of allylic oxidation sites excluding steroid dienone is 1. The van der Waals surface area contributed by atoms with Crippen LogP contribution in [0.25, 0.3) is 22.9 Å². The van der Waals surface area contributed by atoms with Crippen molar-refractivity contribution in [3.05, 3.63) is 58.4 Å². The van der Waals surface area contributed by atoms with Gasteiger partial charge in [0.2, 0.25) is 0 Å². The van der Waals surface area contributed by atoms with E-state index in [1.165, 1.54) is 11.3 Å². The lowest BCUT2D eigenvalue weighted by molar-refractivity contribution is 0.355. The van der Waals surface area contributed by atoms with Crippen molar-refractivity contribution in [1.29, 1.82) is 5.26 Å². The van der Waals surface area contributed by atoms with Crippen molar-refractivity contribution in [2.45, 2.75) is 0 Å². The summed E-state index contributed by atoms with van der Waals surface area (Å²) in [4.78, 5) is 4.62. The lowest BCUT2D eigenvalue weighted by Crippen LogP contribution is -1.91. The molecule has 0 unspecified atom stereocenters. The minimum atomic E-state index is 0.483. The normalized spacial score (nSPS) is 11.0. The number of thiazole rings is 1. The zero-order valence-electron chi connectivity index (χ0n) is 15.2. The van der Waals surface area contributed by atoms with E-state index in [4.69, 9.17) is 14.2 Å². The van der Waals surface area contributed by atoms with Crippen molar-refractivity contribution < 1.29 is 14.2 Å². The van der Waals surface area contributed by atoms with Crippen molar-refractivity contribution in [1.82, 2.24) is 4.98 Å². The van der Waals surface area contributed by atoms with Gasteiger partial charge in [-0.25, -0.2) is 4.98 Å². The summed E-state index contributed by atoms with van der Waals surface area (Å²) in [6.45, 7) is 0. The number of nitriles is 1. The smallest absolute Gasteiger partial charge is 0.161 e. The summed E-state index contributed by atoms with van der Waals surface area (Å²) in [6, 6.07) is 15.4. The topological polar surface area (TPSA) is 64.4 Å². The molecule has 136 valence electrons. The Balaban J connectivity index is 1.97. The molecule has 1 aromatic heterocycles. The van der Waals surface area contributed by atoms with Crippen LogP contribution in [-0.4, -0.2) is 26.3 Å². The molecule has 0 saturated heterocycles. The van der Waals surface area contributed by atoms with E-state index < -0.39 is 0 Å². The third-order valence-corrected chi connectivity index (χ3v) is 4.85. The molecule has 5 nitrogen and oxygen atoms in total. The van der Waals surface area contributed by atoms with E-state index in [0.717, 1.165) is 16.8 Å². The predicted molar refractivity (Wildman–Crippen MR) is 107 cm³/mol. The van der Waals surface area contributed by atoms with E-state index in [0.29, 0.717) is 27.8 Å². The third-order valence-electron chi connectivity index (χ3n) is 3.97. The van der Waals surface area contributed by atoms with Gasteiger partial charge in [-0.05, 0) is 30.3 Å². The molecule has 0 amide bonds. The highest BCUT2D eigenvalue weighted by Crippen LogP contribution is 2.34. The van der Waals surface area contributed by atoms with Gasteiger partial charge in [0.25, 0.3) is 0 Å². The minimum absolute atomic E-state index is 0.483. The van der Waals surface area contributed by atoms with E-state index >= 15 is 0 Å². The Morgan fingerprint density at radius 3 is 2.44 bits per heavy atom. The van der Waals surface area contributed by atoms with Crippen molar-refractivity contribution in [3.8, 4) is 34.6 Å². The molecular weight excluding hydrogens is 360 g/mol. The maximum atomic E-state index is 9.61. The monoisotopic (exact) mass is 378 g/mol. The first-order valence-electron chi connectivity index (χ1n) is 8.13. The number of aromatic nitrogens is 1. The molecule has 1 heterocycles. The molecule has 0 spiro atoms. The zero-order chi connectivity index (χ0) is 19.2. The van der Waals surface area contributed by atoms with E-state index in [9.17, 15) is 5.26 Å². The van der Waals surface area contributed by atoms with Gasteiger partial charge in [-0.1, -0.05) is 18.2 Å². The van der Waals surface area contributed by atoms with Crippen LogP contribution >= 0.6 is 11.3 Å². The summed E-state index contributed by atoms with van der Waals surface area (Å²) in [5.74, 6) is 2.00. The first-order valence-corrected chi connectivity index (χ1v) is 9.01. The molecular formula is C21H18N2O3S. The highest BCUT2D eigenvalue weighted by molar-refractivity contribution is 7.11. The largest absolute Gasteiger partial charge is 0.496 e. The molecule has 0 N–H and O–H groups in total. The van der Waals surface area contributed by atoms with Gasteiger partial charge in [-0.3, -0.25) is 0 Å². The van der Waals surface area contributed by atoms with Crippen molar-refractivity contribution in [2.75, 3.05) is 21.3 Å². The Labute approximate surface area is 162 Å². The summed E-state index contributed by atoms with van der Waals surface area (Å²) < 4.78 is 16.0. The first kappa shape index (κ1) is 18.5. The van der Waals surface area contributed by atoms with Crippen LogP contribution in [-0.2, 0) is 0 Å². The molecule has 0 radical (unpaired) electrons. The summed E-state index contributed by atoms with van der Waals surface area (Å²) in [7, 11) is 4.80. The number of rotatable bonds is 6. The average molecular weight is 378 g/mol. The SMILES string of the molecule is COc1ccccc1/C=C(\C#N)c1nc(-c2ccc(OC)c(OC)c2)cs1. The van der Waals surface area contributed by atoms with Gasteiger partial charge >= 0.3 is 0 Å². The molecule has 27 heavy (non-hydrogen) atoms. The van der Waals surface area contributed by atoms with E-state index in [1.807, 2.05) is 47.8 Å². The molecule has 2 aromatic carbocycles. The van der Waals surface area contributed by atoms with Crippen molar-refractivity contribution >= 4 is 23.0 Å². The van der Waals surface area contributed by atoms with Gasteiger partial charge in [0.05, 0.1) is 32.6 Å². The lowest BCUT2D eigenvalue weighted by atomic mass is 10.1. The fourth-order valence-corrected chi connectivity index (χ4v) is 3.40. The molecule has 0 aliphatic heterocycles. The van der Waals surface area contributed by atoms with Gasteiger partial charge in [0.15, 0.2) is 11.5 Å². The van der Waals surface area contributed by atoms with E-state index in [-0.39, 0.29) is 0 Å². The lowest BCUT2D eigenvalue weighted by Gasteiger charge is -2.08. The first-order chi connectivity index (χ1) is 13.2. The Kier molecular flexibility index (Phi) is 5.74. The molecule has 0 saturated carbocycles. The highest BCUT2D eigenvalue weighted by atomic mass is 32.1. The van der Waals surface area contributed by atoms with E-state index in [1.54, 1.807) is 27.4 Å². The van der Waals surface area contributed by atoms with Crippen LogP contribution in [0.5, 0.6) is 17.2 Å². The Morgan fingerprint density at radius 2 is 1.74 bits per heavy atom. The molecule has 0 atom stereocenters. The quantitative estimate of drug-likeness (QED) is 0.571. The van der Waals surface area contributed by atoms with Crippen LogP contribution in [0.2, 0.25) is 0 Å². The zero-order valence-corrected chi connectivity index (χ0v) is 16.0. The summed E-state index contributed by atoms with van der Waals surface area (Å²) in [5, 5.41) is 12.2. The number of hydrogen-bond acceptors (Lipinski definition) is 6. The van der Waals surface area contributed by atoms with Gasteiger partial charge < -0.3 is 14.2 Å². The summed E-state index contributed by atoms with van der Waals surface area (Å²) >= 11 is 1.42.